The lowest BCUT2D eigenvalue weighted by atomic mass is 10.0. The van der Waals surface area contributed by atoms with Crippen molar-refractivity contribution in [3.8, 4) is 0 Å². The number of carbonyl (C=O) groups is 1. The first kappa shape index (κ1) is 14.9. The molecule has 0 unspecified atom stereocenters. The molecule has 0 saturated carbocycles. The van der Waals surface area contributed by atoms with Crippen LogP contribution in [-0.4, -0.2) is 11.1 Å². The summed E-state index contributed by atoms with van der Waals surface area (Å²) in [5, 5.41) is 12.5. The molecule has 2 aromatic rings. The van der Waals surface area contributed by atoms with E-state index in [1.54, 1.807) is 12.1 Å². The van der Waals surface area contributed by atoms with Crippen molar-refractivity contribution in [1.82, 2.24) is 0 Å². The van der Waals surface area contributed by atoms with Crippen molar-refractivity contribution in [2.45, 2.75) is 26.7 Å². The highest BCUT2D eigenvalue weighted by atomic mass is 16.4. The predicted molar refractivity (Wildman–Crippen MR) is 86.3 cm³/mol. The van der Waals surface area contributed by atoms with Crippen LogP contribution < -0.4 is 11.1 Å². The van der Waals surface area contributed by atoms with Gasteiger partial charge in [0.1, 0.15) is 0 Å². The number of hydrogen-bond donors (Lipinski definition) is 3. The molecule has 0 fully saturated rings. The maximum Gasteiger partial charge on any atom is 0.337 e. The van der Waals surface area contributed by atoms with Crippen molar-refractivity contribution >= 4 is 23.0 Å². The zero-order chi connectivity index (χ0) is 15.4. The van der Waals surface area contributed by atoms with E-state index in [1.807, 2.05) is 6.07 Å². The van der Waals surface area contributed by atoms with Crippen LogP contribution in [0.15, 0.2) is 36.4 Å². The third-order valence-corrected chi connectivity index (χ3v) is 3.60. The van der Waals surface area contributed by atoms with Crippen LogP contribution in [0.5, 0.6) is 0 Å². The molecule has 0 bridgehead atoms. The molecule has 21 heavy (non-hydrogen) atoms. The quantitative estimate of drug-likeness (QED) is 0.729. The topological polar surface area (TPSA) is 75.3 Å². The Balaban J connectivity index is 2.48. The summed E-state index contributed by atoms with van der Waals surface area (Å²) in [5.74, 6) is -1.02. The summed E-state index contributed by atoms with van der Waals surface area (Å²) in [6, 6.07) is 11.2. The SMILES string of the molecule is CCc1cccc(CC)c1Nc1cccc(C(=O)O)c1N. The highest BCUT2D eigenvalue weighted by Crippen LogP contribution is 2.31. The van der Waals surface area contributed by atoms with Crippen LogP contribution in [0.4, 0.5) is 17.1 Å². The van der Waals surface area contributed by atoms with Crippen molar-refractivity contribution in [3.63, 3.8) is 0 Å². The van der Waals surface area contributed by atoms with Crippen LogP contribution in [0, 0.1) is 0 Å². The third kappa shape index (κ3) is 2.99. The number of rotatable bonds is 5. The van der Waals surface area contributed by atoms with E-state index in [9.17, 15) is 4.79 Å². The standard InChI is InChI=1S/C17H20N2O2/c1-3-11-7-5-8-12(4-2)16(11)19-14-10-6-9-13(15(14)18)17(20)21/h5-10,19H,3-4,18H2,1-2H3,(H,20,21). The Kier molecular flexibility index (Phi) is 4.48. The van der Waals surface area contributed by atoms with Crippen molar-refractivity contribution < 1.29 is 9.90 Å². The summed E-state index contributed by atoms with van der Waals surface area (Å²) in [7, 11) is 0. The molecular weight excluding hydrogens is 264 g/mol. The van der Waals surface area contributed by atoms with Crippen LogP contribution in [0.1, 0.15) is 35.3 Å². The number of anilines is 3. The minimum Gasteiger partial charge on any atom is -0.478 e. The number of carboxylic acids is 1. The second kappa shape index (κ2) is 6.31. The molecule has 4 nitrogen and oxygen atoms in total. The van der Waals surface area contributed by atoms with Crippen LogP contribution in [0.3, 0.4) is 0 Å². The van der Waals surface area contributed by atoms with Gasteiger partial charge in [-0.25, -0.2) is 4.79 Å². The number of nitrogens with two attached hydrogens (primary N) is 1. The number of nitrogens with one attached hydrogen (secondary N) is 1. The van der Waals surface area contributed by atoms with Gasteiger partial charge in [0.2, 0.25) is 0 Å². The Morgan fingerprint density at radius 3 is 2.19 bits per heavy atom. The molecule has 0 spiro atoms. The molecular formula is C17H20N2O2. The minimum absolute atomic E-state index is 0.118. The fraction of sp³-hybridized carbons (Fsp3) is 0.235. The molecule has 0 radical (unpaired) electrons. The molecule has 0 aliphatic rings. The molecule has 0 aliphatic carbocycles. The summed E-state index contributed by atoms with van der Waals surface area (Å²) >= 11 is 0. The van der Waals surface area contributed by atoms with E-state index in [2.05, 4.69) is 31.3 Å². The average Bonchev–Trinajstić information content (AvgIpc) is 2.49. The van der Waals surface area contributed by atoms with Crippen LogP contribution in [0.2, 0.25) is 0 Å². The largest absolute Gasteiger partial charge is 0.478 e. The van der Waals surface area contributed by atoms with Crippen molar-refractivity contribution in [1.29, 1.82) is 0 Å². The van der Waals surface area contributed by atoms with Crippen LogP contribution >= 0.6 is 0 Å². The van der Waals surface area contributed by atoms with Gasteiger partial charge in [-0.1, -0.05) is 38.1 Å². The van der Waals surface area contributed by atoms with Gasteiger partial charge in [0.05, 0.1) is 16.9 Å². The first-order chi connectivity index (χ1) is 10.1. The Morgan fingerprint density at radius 1 is 1.10 bits per heavy atom. The highest BCUT2D eigenvalue weighted by Gasteiger charge is 2.13. The molecule has 110 valence electrons. The lowest BCUT2D eigenvalue weighted by Gasteiger charge is -2.17. The highest BCUT2D eigenvalue weighted by molar-refractivity contribution is 5.97. The van der Waals surface area contributed by atoms with Gasteiger partial charge in [0.15, 0.2) is 0 Å². The number of aryl methyl sites for hydroxylation is 2. The Morgan fingerprint density at radius 2 is 1.67 bits per heavy atom. The van der Waals surface area contributed by atoms with E-state index in [-0.39, 0.29) is 11.3 Å². The Bertz CT molecular complexity index is 644. The molecule has 2 rings (SSSR count). The normalized spacial score (nSPS) is 10.4. The van der Waals surface area contributed by atoms with E-state index in [0.717, 1.165) is 18.5 Å². The maximum atomic E-state index is 11.2. The molecule has 0 amide bonds. The van der Waals surface area contributed by atoms with Gasteiger partial charge in [-0.2, -0.15) is 0 Å². The molecule has 0 aliphatic heterocycles. The molecule has 4 heteroatoms. The second-order valence-electron chi connectivity index (χ2n) is 4.86. The first-order valence-electron chi connectivity index (χ1n) is 7.08. The van der Waals surface area contributed by atoms with Gasteiger partial charge in [0.25, 0.3) is 0 Å². The molecule has 0 aromatic heterocycles. The maximum absolute atomic E-state index is 11.2. The molecule has 0 atom stereocenters. The number of hydrogen-bond acceptors (Lipinski definition) is 3. The number of nitrogen functional groups attached to an aromatic ring is 1. The Labute approximate surface area is 124 Å². The van der Waals surface area contributed by atoms with Crippen LogP contribution in [0.25, 0.3) is 0 Å². The van der Waals surface area contributed by atoms with Gasteiger partial charge in [-0.15, -0.1) is 0 Å². The summed E-state index contributed by atoms with van der Waals surface area (Å²) in [5.41, 5.74) is 10.4. The second-order valence-corrected chi connectivity index (χ2v) is 4.86. The lowest BCUT2D eigenvalue weighted by Crippen LogP contribution is -2.07. The average molecular weight is 284 g/mol. The van der Waals surface area contributed by atoms with Crippen molar-refractivity contribution in [2.24, 2.45) is 0 Å². The third-order valence-electron chi connectivity index (χ3n) is 3.60. The van der Waals surface area contributed by atoms with Gasteiger partial charge in [-0.05, 0) is 36.1 Å². The fourth-order valence-corrected chi connectivity index (χ4v) is 2.40. The number of para-hydroxylation sites is 2. The zero-order valence-corrected chi connectivity index (χ0v) is 12.3. The summed E-state index contributed by atoms with van der Waals surface area (Å²) in [6.07, 6.45) is 1.80. The Hall–Kier alpha value is -2.49. The molecule has 0 heterocycles. The molecule has 4 N–H and O–H groups in total. The number of aromatic carboxylic acids is 1. The van der Waals surface area contributed by atoms with Gasteiger partial charge >= 0.3 is 5.97 Å². The van der Waals surface area contributed by atoms with Crippen molar-refractivity contribution in [3.05, 3.63) is 53.1 Å². The van der Waals surface area contributed by atoms with Gasteiger partial charge < -0.3 is 16.2 Å². The van der Waals surface area contributed by atoms with E-state index in [1.165, 1.54) is 17.2 Å². The summed E-state index contributed by atoms with van der Waals surface area (Å²) in [6.45, 7) is 4.19. The summed E-state index contributed by atoms with van der Waals surface area (Å²) in [4.78, 5) is 11.2. The van der Waals surface area contributed by atoms with Crippen molar-refractivity contribution in [2.75, 3.05) is 11.1 Å². The first-order valence-corrected chi connectivity index (χ1v) is 7.08. The molecule has 0 saturated heterocycles. The van der Waals surface area contributed by atoms with Gasteiger partial charge in [-0.3, -0.25) is 0 Å². The minimum atomic E-state index is -1.02. The van der Waals surface area contributed by atoms with E-state index in [0.29, 0.717) is 5.69 Å². The van der Waals surface area contributed by atoms with E-state index < -0.39 is 5.97 Å². The smallest absolute Gasteiger partial charge is 0.337 e. The number of carboxylic acid groups (broad SMARTS) is 1. The molecule has 2 aromatic carbocycles. The fourth-order valence-electron chi connectivity index (χ4n) is 2.40. The summed E-state index contributed by atoms with van der Waals surface area (Å²) < 4.78 is 0. The van der Waals surface area contributed by atoms with E-state index in [4.69, 9.17) is 10.8 Å². The van der Waals surface area contributed by atoms with Crippen LogP contribution in [-0.2, 0) is 12.8 Å². The van der Waals surface area contributed by atoms with Gasteiger partial charge in [0, 0.05) is 5.69 Å². The zero-order valence-electron chi connectivity index (χ0n) is 12.3. The number of benzene rings is 2. The lowest BCUT2D eigenvalue weighted by molar-refractivity contribution is 0.0698. The monoisotopic (exact) mass is 284 g/mol. The predicted octanol–water partition coefficient (Wildman–Crippen LogP) is 3.84. The van der Waals surface area contributed by atoms with E-state index >= 15 is 0 Å².